The van der Waals surface area contributed by atoms with Gasteiger partial charge in [0.05, 0.1) is 0 Å². The average molecular weight is 347 g/mol. The number of likely N-dealkylation sites (N-methyl/N-ethyl adjacent to an activating group) is 1. The molecule has 138 valence electrons. The van der Waals surface area contributed by atoms with Gasteiger partial charge in [0, 0.05) is 26.2 Å². The van der Waals surface area contributed by atoms with Crippen LogP contribution in [0.15, 0.2) is 29.3 Å². The molecule has 1 unspecified atom stereocenters. The third-order valence-corrected chi connectivity index (χ3v) is 4.37. The van der Waals surface area contributed by atoms with Crippen LogP contribution in [0.25, 0.3) is 0 Å². The summed E-state index contributed by atoms with van der Waals surface area (Å²) in [5, 5.41) is 6.71. The molecule has 1 amide bonds. The fourth-order valence-corrected chi connectivity index (χ4v) is 3.06. The predicted octanol–water partition coefficient (Wildman–Crippen LogP) is 0.700. The van der Waals surface area contributed by atoms with Crippen molar-refractivity contribution in [3.8, 4) is 5.75 Å². The number of ether oxygens (including phenoxy) is 1. The Morgan fingerprint density at radius 3 is 3.00 bits per heavy atom. The molecule has 7 heteroatoms. The van der Waals surface area contributed by atoms with Crippen LogP contribution in [0.1, 0.15) is 25.3 Å². The summed E-state index contributed by atoms with van der Waals surface area (Å²) in [6, 6.07) is 8.15. The highest BCUT2D eigenvalue weighted by Crippen LogP contribution is 2.15. The zero-order chi connectivity index (χ0) is 18.1. The summed E-state index contributed by atoms with van der Waals surface area (Å²) in [5.74, 6) is 0.929. The van der Waals surface area contributed by atoms with Gasteiger partial charge < -0.3 is 21.1 Å². The smallest absolute Gasteiger partial charge is 0.255 e. The Balaban J connectivity index is 1.80. The van der Waals surface area contributed by atoms with E-state index in [9.17, 15) is 4.79 Å². The number of nitrogens with two attached hydrogens (primary N) is 1. The van der Waals surface area contributed by atoms with E-state index < -0.39 is 5.91 Å². The van der Waals surface area contributed by atoms with Crippen LogP contribution in [-0.2, 0) is 11.3 Å². The van der Waals surface area contributed by atoms with Crippen molar-refractivity contribution in [1.82, 2.24) is 15.5 Å². The minimum absolute atomic E-state index is 0.116. The zero-order valence-electron chi connectivity index (χ0n) is 15.1. The maximum atomic E-state index is 10.8. The van der Waals surface area contributed by atoms with Crippen LogP contribution in [-0.4, -0.2) is 56.1 Å². The quantitative estimate of drug-likeness (QED) is 0.476. The molecule has 1 heterocycles. The molecule has 4 N–H and O–H groups in total. The molecule has 0 aromatic heterocycles. The first-order valence-corrected chi connectivity index (χ1v) is 8.81. The van der Waals surface area contributed by atoms with Gasteiger partial charge in [-0.25, -0.2) is 0 Å². The first kappa shape index (κ1) is 19.1. The number of carbonyl (C=O) groups excluding carboxylic acids is 1. The van der Waals surface area contributed by atoms with Gasteiger partial charge in [-0.05, 0) is 43.6 Å². The molecule has 1 aromatic rings. The first-order chi connectivity index (χ1) is 12.1. The standard InChI is InChI=1S/C18H29N5O2/c1-3-23-9-5-7-15(23)12-22-18(20-2)21-11-14-6-4-8-16(10-14)25-13-17(19)24/h4,6,8,10,15H,3,5,7,9,11-13H2,1-2H3,(H2,19,24)(H2,20,21,22). The average Bonchev–Trinajstić information content (AvgIpc) is 3.08. The number of aliphatic imine (C=N–C) groups is 1. The summed E-state index contributed by atoms with van der Waals surface area (Å²) >= 11 is 0. The fraction of sp³-hybridized carbons (Fsp3) is 0.556. The SMILES string of the molecule is CCN1CCCC1CNC(=NC)NCc1cccc(OCC(N)=O)c1. The van der Waals surface area contributed by atoms with E-state index in [0.29, 0.717) is 18.3 Å². The summed E-state index contributed by atoms with van der Waals surface area (Å²) in [4.78, 5) is 17.6. The van der Waals surface area contributed by atoms with Gasteiger partial charge in [-0.3, -0.25) is 14.7 Å². The fourth-order valence-electron chi connectivity index (χ4n) is 3.06. The highest BCUT2D eigenvalue weighted by Gasteiger charge is 2.22. The summed E-state index contributed by atoms with van der Waals surface area (Å²) in [7, 11) is 1.77. The van der Waals surface area contributed by atoms with Gasteiger partial charge in [0.25, 0.3) is 5.91 Å². The number of likely N-dealkylation sites (tertiary alicyclic amines) is 1. The number of carbonyl (C=O) groups is 1. The summed E-state index contributed by atoms with van der Waals surface area (Å²) in [5.41, 5.74) is 6.14. The van der Waals surface area contributed by atoms with Crippen LogP contribution in [0.5, 0.6) is 5.75 Å². The molecule has 1 aliphatic heterocycles. The van der Waals surface area contributed by atoms with E-state index >= 15 is 0 Å². The number of benzene rings is 1. The molecule has 7 nitrogen and oxygen atoms in total. The van der Waals surface area contributed by atoms with Gasteiger partial charge in [-0.15, -0.1) is 0 Å². The Hall–Kier alpha value is -2.28. The van der Waals surface area contributed by atoms with Gasteiger partial charge in [0.1, 0.15) is 5.75 Å². The number of nitrogens with zero attached hydrogens (tertiary/aromatic N) is 2. The van der Waals surface area contributed by atoms with Gasteiger partial charge in [0.15, 0.2) is 12.6 Å². The number of amides is 1. The van der Waals surface area contributed by atoms with Crippen LogP contribution in [0.2, 0.25) is 0 Å². The van der Waals surface area contributed by atoms with Crippen molar-refractivity contribution in [3.05, 3.63) is 29.8 Å². The van der Waals surface area contributed by atoms with Gasteiger partial charge in [0.2, 0.25) is 0 Å². The monoisotopic (exact) mass is 347 g/mol. The Morgan fingerprint density at radius 1 is 1.44 bits per heavy atom. The molecular weight excluding hydrogens is 318 g/mol. The largest absolute Gasteiger partial charge is 0.484 e. The van der Waals surface area contributed by atoms with Gasteiger partial charge in [-0.1, -0.05) is 19.1 Å². The van der Waals surface area contributed by atoms with Crippen LogP contribution in [0.3, 0.4) is 0 Å². The van der Waals surface area contributed by atoms with Gasteiger partial charge >= 0.3 is 0 Å². The minimum atomic E-state index is -0.485. The van der Waals surface area contributed by atoms with E-state index in [0.717, 1.165) is 24.6 Å². The number of hydrogen-bond acceptors (Lipinski definition) is 4. The van der Waals surface area contributed by atoms with Crippen molar-refractivity contribution in [3.63, 3.8) is 0 Å². The second-order valence-electron chi connectivity index (χ2n) is 6.13. The molecule has 0 aliphatic carbocycles. The number of nitrogens with one attached hydrogen (secondary N) is 2. The lowest BCUT2D eigenvalue weighted by molar-refractivity contribution is -0.119. The molecule has 1 aliphatic rings. The van der Waals surface area contributed by atoms with Crippen molar-refractivity contribution in [1.29, 1.82) is 0 Å². The number of primary amides is 1. The minimum Gasteiger partial charge on any atom is -0.484 e. The van der Waals surface area contributed by atoms with Crippen molar-refractivity contribution in [2.75, 3.05) is 33.3 Å². The molecule has 1 saturated heterocycles. The second kappa shape index (κ2) is 9.88. The molecule has 1 fully saturated rings. The number of rotatable bonds is 8. The summed E-state index contributed by atoms with van der Waals surface area (Å²) < 4.78 is 5.33. The first-order valence-electron chi connectivity index (χ1n) is 8.81. The molecular formula is C18H29N5O2. The predicted molar refractivity (Wildman–Crippen MR) is 99.6 cm³/mol. The van der Waals surface area contributed by atoms with Crippen LogP contribution >= 0.6 is 0 Å². The highest BCUT2D eigenvalue weighted by atomic mass is 16.5. The maximum absolute atomic E-state index is 10.8. The van der Waals surface area contributed by atoms with Crippen molar-refractivity contribution < 1.29 is 9.53 Å². The Kier molecular flexibility index (Phi) is 7.53. The molecule has 0 saturated carbocycles. The topological polar surface area (TPSA) is 92.0 Å². The lowest BCUT2D eigenvalue weighted by Gasteiger charge is -2.24. The summed E-state index contributed by atoms with van der Waals surface area (Å²) in [6.07, 6.45) is 2.50. The van der Waals surface area contributed by atoms with Crippen LogP contribution in [0, 0.1) is 0 Å². The lowest BCUT2D eigenvalue weighted by atomic mass is 10.2. The van der Waals surface area contributed by atoms with E-state index in [1.165, 1.54) is 19.4 Å². The molecule has 2 rings (SSSR count). The molecule has 0 spiro atoms. The lowest BCUT2D eigenvalue weighted by Crippen LogP contribution is -2.44. The zero-order valence-corrected chi connectivity index (χ0v) is 15.1. The Bertz CT molecular complexity index is 591. The van der Waals surface area contributed by atoms with E-state index in [1.54, 1.807) is 13.1 Å². The molecule has 25 heavy (non-hydrogen) atoms. The van der Waals surface area contributed by atoms with E-state index in [4.69, 9.17) is 10.5 Å². The van der Waals surface area contributed by atoms with E-state index in [1.807, 2.05) is 18.2 Å². The van der Waals surface area contributed by atoms with Crippen LogP contribution < -0.4 is 21.1 Å². The Morgan fingerprint density at radius 2 is 2.28 bits per heavy atom. The third kappa shape index (κ3) is 6.26. The molecule has 1 atom stereocenters. The molecule has 0 bridgehead atoms. The van der Waals surface area contributed by atoms with Crippen molar-refractivity contribution >= 4 is 11.9 Å². The van der Waals surface area contributed by atoms with Crippen molar-refractivity contribution in [2.24, 2.45) is 10.7 Å². The van der Waals surface area contributed by atoms with E-state index in [-0.39, 0.29) is 6.61 Å². The van der Waals surface area contributed by atoms with Crippen LogP contribution in [0.4, 0.5) is 0 Å². The van der Waals surface area contributed by atoms with Crippen molar-refractivity contribution in [2.45, 2.75) is 32.4 Å². The third-order valence-electron chi connectivity index (χ3n) is 4.37. The maximum Gasteiger partial charge on any atom is 0.255 e. The van der Waals surface area contributed by atoms with Gasteiger partial charge in [-0.2, -0.15) is 0 Å². The van der Waals surface area contributed by atoms with E-state index in [2.05, 4.69) is 27.4 Å². The molecule has 1 aromatic carbocycles. The highest BCUT2D eigenvalue weighted by molar-refractivity contribution is 5.79. The number of guanidine groups is 1. The number of hydrogen-bond donors (Lipinski definition) is 3. The summed E-state index contributed by atoms with van der Waals surface area (Å²) in [6.45, 7) is 5.89. The normalized spacial score (nSPS) is 18.2. The second-order valence-corrected chi connectivity index (χ2v) is 6.13. The Labute approximate surface area is 149 Å². The molecule has 0 radical (unpaired) electrons.